The van der Waals surface area contributed by atoms with E-state index in [2.05, 4.69) is 24.4 Å². The van der Waals surface area contributed by atoms with Gasteiger partial charge in [0.25, 0.3) is 0 Å². The predicted octanol–water partition coefficient (Wildman–Crippen LogP) is 3.19. The second-order valence-electron chi connectivity index (χ2n) is 3.96. The number of ether oxygens (including phenoxy) is 1. The Morgan fingerprint density at radius 3 is 2.56 bits per heavy atom. The van der Waals surface area contributed by atoms with Crippen molar-refractivity contribution >= 4 is 11.6 Å². The third-order valence-electron chi connectivity index (χ3n) is 2.58. The zero-order valence-electron chi connectivity index (χ0n) is 10.0. The highest BCUT2D eigenvalue weighted by atomic mass is 35.5. The van der Waals surface area contributed by atoms with Crippen molar-refractivity contribution in [2.75, 3.05) is 13.0 Å². The van der Waals surface area contributed by atoms with E-state index in [0.717, 1.165) is 31.0 Å². The fraction of sp³-hybridized carbons (Fsp3) is 0.538. The average Bonchev–Trinajstić information content (AvgIpc) is 2.34. The molecular formula is C13H20ClNO. The third-order valence-corrected chi connectivity index (χ3v) is 2.85. The molecule has 0 amide bonds. The van der Waals surface area contributed by atoms with Gasteiger partial charge in [0.15, 0.2) is 0 Å². The molecule has 0 bridgehead atoms. The van der Waals surface area contributed by atoms with Crippen LogP contribution in [0.15, 0.2) is 24.3 Å². The molecule has 0 radical (unpaired) electrons. The van der Waals surface area contributed by atoms with Crippen molar-refractivity contribution in [3.05, 3.63) is 29.8 Å². The minimum absolute atomic E-state index is 0.515. The van der Waals surface area contributed by atoms with E-state index in [4.69, 9.17) is 16.3 Å². The summed E-state index contributed by atoms with van der Waals surface area (Å²) in [7, 11) is 1.68. The Hall–Kier alpha value is -0.730. The molecule has 0 heterocycles. The number of halogens is 1. The van der Waals surface area contributed by atoms with Gasteiger partial charge in [-0.05, 0) is 37.5 Å². The summed E-state index contributed by atoms with van der Waals surface area (Å²) in [6, 6.07) is 8.65. The molecule has 1 aromatic rings. The molecule has 1 atom stereocenters. The molecule has 0 aromatic heterocycles. The highest BCUT2D eigenvalue weighted by Crippen LogP contribution is 2.11. The first-order valence-corrected chi connectivity index (χ1v) is 6.22. The van der Waals surface area contributed by atoms with Crippen LogP contribution in [0.3, 0.4) is 0 Å². The molecule has 1 aromatic carbocycles. The van der Waals surface area contributed by atoms with Crippen molar-refractivity contribution in [2.24, 2.45) is 0 Å². The summed E-state index contributed by atoms with van der Waals surface area (Å²) in [5.41, 5.74) is 1.28. The number of benzene rings is 1. The van der Waals surface area contributed by atoms with Crippen LogP contribution in [0.4, 0.5) is 0 Å². The topological polar surface area (TPSA) is 21.3 Å². The van der Waals surface area contributed by atoms with Crippen LogP contribution in [0.25, 0.3) is 0 Å². The van der Waals surface area contributed by atoms with Gasteiger partial charge in [-0.2, -0.15) is 0 Å². The zero-order valence-corrected chi connectivity index (χ0v) is 10.8. The molecule has 0 spiro atoms. The molecular weight excluding hydrogens is 222 g/mol. The SMILES string of the molecule is COc1ccc(CNC(C)CCCCl)cc1. The first-order chi connectivity index (χ1) is 7.76. The number of nitrogens with one attached hydrogen (secondary N) is 1. The summed E-state index contributed by atoms with van der Waals surface area (Å²) >= 11 is 5.65. The lowest BCUT2D eigenvalue weighted by molar-refractivity contribution is 0.414. The van der Waals surface area contributed by atoms with E-state index < -0.39 is 0 Å². The molecule has 0 aliphatic carbocycles. The molecule has 0 aliphatic heterocycles. The lowest BCUT2D eigenvalue weighted by atomic mass is 10.1. The van der Waals surface area contributed by atoms with E-state index in [1.807, 2.05) is 12.1 Å². The quantitative estimate of drug-likeness (QED) is 0.741. The van der Waals surface area contributed by atoms with Gasteiger partial charge in [0.2, 0.25) is 0 Å². The fourth-order valence-electron chi connectivity index (χ4n) is 1.52. The van der Waals surface area contributed by atoms with Gasteiger partial charge in [-0.1, -0.05) is 12.1 Å². The molecule has 0 fully saturated rings. The standard InChI is InChI=1S/C13H20ClNO/c1-11(4-3-9-14)15-10-12-5-7-13(16-2)8-6-12/h5-8,11,15H,3-4,9-10H2,1-2H3. The Labute approximate surface area is 103 Å². The van der Waals surface area contributed by atoms with Gasteiger partial charge in [-0.25, -0.2) is 0 Å². The van der Waals surface area contributed by atoms with Crippen LogP contribution in [0, 0.1) is 0 Å². The Balaban J connectivity index is 2.30. The Morgan fingerprint density at radius 1 is 1.31 bits per heavy atom. The maximum atomic E-state index is 5.65. The molecule has 90 valence electrons. The van der Waals surface area contributed by atoms with Crippen LogP contribution < -0.4 is 10.1 Å². The number of rotatable bonds is 7. The maximum Gasteiger partial charge on any atom is 0.118 e. The van der Waals surface area contributed by atoms with Crippen molar-refractivity contribution in [3.63, 3.8) is 0 Å². The summed E-state index contributed by atoms with van der Waals surface area (Å²) in [4.78, 5) is 0. The maximum absolute atomic E-state index is 5.65. The van der Waals surface area contributed by atoms with Crippen molar-refractivity contribution in [2.45, 2.75) is 32.4 Å². The van der Waals surface area contributed by atoms with E-state index in [1.54, 1.807) is 7.11 Å². The zero-order chi connectivity index (χ0) is 11.8. The van der Waals surface area contributed by atoms with Gasteiger partial charge in [-0.3, -0.25) is 0 Å². The molecule has 0 saturated heterocycles. The van der Waals surface area contributed by atoms with Crippen molar-refractivity contribution in [3.8, 4) is 5.75 Å². The fourth-order valence-corrected chi connectivity index (χ4v) is 1.68. The van der Waals surface area contributed by atoms with Crippen LogP contribution >= 0.6 is 11.6 Å². The molecule has 1 rings (SSSR count). The lowest BCUT2D eigenvalue weighted by Gasteiger charge is -2.13. The Bertz CT molecular complexity index is 286. The van der Waals surface area contributed by atoms with Crippen LogP contribution in [0.1, 0.15) is 25.3 Å². The van der Waals surface area contributed by atoms with Gasteiger partial charge in [0, 0.05) is 18.5 Å². The second-order valence-corrected chi connectivity index (χ2v) is 4.34. The minimum atomic E-state index is 0.515. The van der Waals surface area contributed by atoms with Crippen molar-refractivity contribution in [1.82, 2.24) is 5.32 Å². The normalized spacial score (nSPS) is 12.4. The smallest absolute Gasteiger partial charge is 0.118 e. The molecule has 0 aliphatic rings. The molecule has 0 saturated carbocycles. The predicted molar refractivity (Wildman–Crippen MR) is 69.2 cm³/mol. The number of alkyl halides is 1. The molecule has 1 N–H and O–H groups in total. The first-order valence-electron chi connectivity index (χ1n) is 5.68. The van der Waals surface area contributed by atoms with Crippen molar-refractivity contribution < 1.29 is 4.74 Å². The van der Waals surface area contributed by atoms with E-state index in [-0.39, 0.29) is 0 Å². The Kier molecular flexibility index (Phi) is 6.27. The number of hydrogen-bond donors (Lipinski definition) is 1. The highest BCUT2D eigenvalue weighted by Gasteiger charge is 2.01. The monoisotopic (exact) mass is 241 g/mol. The average molecular weight is 242 g/mol. The van der Waals surface area contributed by atoms with Gasteiger partial charge < -0.3 is 10.1 Å². The van der Waals surface area contributed by atoms with E-state index in [1.165, 1.54) is 5.56 Å². The van der Waals surface area contributed by atoms with E-state index in [9.17, 15) is 0 Å². The summed E-state index contributed by atoms with van der Waals surface area (Å²) in [5, 5.41) is 3.47. The summed E-state index contributed by atoms with van der Waals surface area (Å²) < 4.78 is 5.11. The molecule has 16 heavy (non-hydrogen) atoms. The third kappa shape index (κ3) is 4.86. The summed E-state index contributed by atoms with van der Waals surface area (Å²) in [5.74, 6) is 1.65. The van der Waals surface area contributed by atoms with Gasteiger partial charge in [0.05, 0.1) is 7.11 Å². The van der Waals surface area contributed by atoms with Crippen LogP contribution in [0.5, 0.6) is 5.75 Å². The number of methoxy groups -OCH3 is 1. The molecule has 3 heteroatoms. The highest BCUT2D eigenvalue weighted by molar-refractivity contribution is 6.17. The molecule has 1 unspecified atom stereocenters. The second kappa shape index (κ2) is 7.53. The van der Waals surface area contributed by atoms with Gasteiger partial charge in [-0.15, -0.1) is 11.6 Å². The van der Waals surface area contributed by atoms with Crippen LogP contribution in [-0.2, 0) is 6.54 Å². The Morgan fingerprint density at radius 2 is 2.00 bits per heavy atom. The van der Waals surface area contributed by atoms with Gasteiger partial charge in [0.1, 0.15) is 5.75 Å². The van der Waals surface area contributed by atoms with Crippen molar-refractivity contribution in [1.29, 1.82) is 0 Å². The largest absolute Gasteiger partial charge is 0.497 e. The minimum Gasteiger partial charge on any atom is -0.497 e. The lowest BCUT2D eigenvalue weighted by Crippen LogP contribution is -2.25. The first kappa shape index (κ1) is 13.3. The van der Waals surface area contributed by atoms with E-state index >= 15 is 0 Å². The number of hydrogen-bond acceptors (Lipinski definition) is 2. The van der Waals surface area contributed by atoms with Crippen LogP contribution in [-0.4, -0.2) is 19.0 Å². The molecule has 2 nitrogen and oxygen atoms in total. The summed E-state index contributed by atoms with van der Waals surface area (Å²) in [6.45, 7) is 3.09. The van der Waals surface area contributed by atoms with Crippen LogP contribution in [0.2, 0.25) is 0 Å². The van der Waals surface area contributed by atoms with Gasteiger partial charge >= 0.3 is 0 Å². The van der Waals surface area contributed by atoms with E-state index in [0.29, 0.717) is 6.04 Å². The summed E-state index contributed by atoms with van der Waals surface area (Å²) in [6.07, 6.45) is 2.19.